The number of para-hydroxylation sites is 1. The molecule has 0 saturated carbocycles. The summed E-state index contributed by atoms with van der Waals surface area (Å²) in [4.78, 5) is 9.34. The van der Waals surface area contributed by atoms with Gasteiger partial charge in [0.25, 0.3) is 10.0 Å². The first-order valence-corrected chi connectivity index (χ1v) is 15.8. The third-order valence-corrected chi connectivity index (χ3v) is 8.85. The Kier molecular flexibility index (Phi) is 6.79. The summed E-state index contributed by atoms with van der Waals surface area (Å²) in [6.45, 7) is 5.97. The van der Waals surface area contributed by atoms with Gasteiger partial charge in [-0.05, 0) is 74.9 Å². The number of fused-ring (bicyclic) bond motifs is 3. The molecular formula is C34H30N6O4S. The van der Waals surface area contributed by atoms with E-state index in [1.54, 1.807) is 68.7 Å². The van der Waals surface area contributed by atoms with Crippen LogP contribution >= 0.6 is 0 Å². The van der Waals surface area contributed by atoms with E-state index < -0.39 is 15.6 Å². The summed E-state index contributed by atoms with van der Waals surface area (Å²) in [6.07, 6.45) is 5.41. The van der Waals surface area contributed by atoms with E-state index >= 15 is 0 Å². The number of aromatic nitrogens is 4. The van der Waals surface area contributed by atoms with Crippen molar-refractivity contribution in [1.82, 2.24) is 19.7 Å². The van der Waals surface area contributed by atoms with E-state index in [1.807, 2.05) is 41.2 Å². The van der Waals surface area contributed by atoms with Crippen LogP contribution in [-0.4, -0.2) is 38.9 Å². The molecule has 226 valence electrons. The highest BCUT2D eigenvalue weighted by Crippen LogP contribution is 2.34. The third-order valence-electron chi connectivity index (χ3n) is 7.61. The Morgan fingerprint density at radius 2 is 1.67 bits per heavy atom. The van der Waals surface area contributed by atoms with Crippen molar-refractivity contribution in [3.8, 4) is 11.3 Å². The maximum atomic E-state index is 12.9. The average molecular weight is 619 g/mol. The van der Waals surface area contributed by atoms with E-state index in [9.17, 15) is 13.5 Å². The number of sulfonamides is 1. The molecule has 7 aromatic rings. The largest absolute Gasteiger partial charge is 0.443 e. The number of aliphatic hydroxyl groups is 1. The number of hydrogen-bond donors (Lipinski definition) is 3. The Hall–Kier alpha value is -5.26. The summed E-state index contributed by atoms with van der Waals surface area (Å²) in [7, 11) is -3.90. The Balaban J connectivity index is 1.14. The maximum Gasteiger partial charge on any atom is 0.295 e. The predicted octanol–water partition coefficient (Wildman–Crippen LogP) is 7.02. The second kappa shape index (κ2) is 10.7. The highest BCUT2D eigenvalue weighted by molar-refractivity contribution is 7.92. The fraction of sp³-hybridized carbons (Fsp3) is 0.147. The summed E-state index contributed by atoms with van der Waals surface area (Å²) < 4.78 is 35.8. The van der Waals surface area contributed by atoms with Gasteiger partial charge in [0.2, 0.25) is 5.09 Å². The molecule has 45 heavy (non-hydrogen) atoms. The van der Waals surface area contributed by atoms with Crippen LogP contribution in [-0.2, 0) is 16.6 Å². The number of anilines is 3. The monoisotopic (exact) mass is 618 g/mol. The number of furan rings is 1. The molecule has 3 N–H and O–H groups in total. The smallest absolute Gasteiger partial charge is 0.295 e. The number of rotatable bonds is 8. The maximum absolute atomic E-state index is 12.9. The van der Waals surface area contributed by atoms with Crippen molar-refractivity contribution in [2.45, 2.75) is 38.0 Å². The van der Waals surface area contributed by atoms with E-state index in [2.05, 4.69) is 27.0 Å². The van der Waals surface area contributed by atoms with Gasteiger partial charge < -0.3 is 14.8 Å². The number of hydrogen-bond acceptors (Lipinski definition) is 8. The standard InChI is InChI=1S/C34H30N6O4S/c1-21-26(12-13-29-28(21)19-37-40(29)20-34(2,3)41)33-27-17-31(36-18-23(27)14-15-35-33)38-24-8-10-25(11-9-24)39-45(42,43)32-16-22-6-4-5-7-30(22)44-32/h4-19,39,41H,20H2,1-3H3,(H,36,38). The van der Waals surface area contributed by atoms with Crippen LogP contribution in [0, 0.1) is 6.92 Å². The van der Waals surface area contributed by atoms with Gasteiger partial charge in [-0.1, -0.05) is 24.3 Å². The van der Waals surface area contributed by atoms with Crippen molar-refractivity contribution in [3.05, 3.63) is 103 Å². The zero-order valence-electron chi connectivity index (χ0n) is 24.8. The van der Waals surface area contributed by atoms with Gasteiger partial charge in [0.05, 0.1) is 29.6 Å². The van der Waals surface area contributed by atoms with E-state index in [0.29, 0.717) is 29.0 Å². The van der Waals surface area contributed by atoms with Crippen LogP contribution in [0.3, 0.4) is 0 Å². The molecule has 0 atom stereocenters. The highest BCUT2D eigenvalue weighted by atomic mass is 32.2. The fourth-order valence-corrected chi connectivity index (χ4v) is 6.48. The fourth-order valence-electron chi connectivity index (χ4n) is 5.45. The second-order valence-electron chi connectivity index (χ2n) is 11.6. The van der Waals surface area contributed by atoms with Gasteiger partial charge >= 0.3 is 0 Å². The van der Waals surface area contributed by atoms with Crippen LogP contribution in [0.25, 0.3) is 43.9 Å². The number of nitrogens with zero attached hydrogens (tertiary/aromatic N) is 4. The quantitative estimate of drug-likeness (QED) is 0.165. The first-order valence-electron chi connectivity index (χ1n) is 14.4. The molecule has 0 aliphatic rings. The van der Waals surface area contributed by atoms with Crippen LogP contribution in [0.1, 0.15) is 19.4 Å². The Morgan fingerprint density at radius 3 is 2.44 bits per heavy atom. The van der Waals surface area contributed by atoms with Crippen LogP contribution in [0.2, 0.25) is 0 Å². The number of benzene rings is 3. The van der Waals surface area contributed by atoms with E-state index in [4.69, 9.17) is 9.40 Å². The molecule has 7 rings (SSSR count). The normalized spacial score (nSPS) is 12.3. The molecule has 0 radical (unpaired) electrons. The van der Waals surface area contributed by atoms with E-state index in [1.165, 1.54) is 6.07 Å². The number of pyridine rings is 2. The van der Waals surface area contributed by atoms with E-state index in [0.717, 1.165) is 44.2 Å². The van der Waals surface area contributed by atoms with Crippen molar-refractivity contribution in [2.24, 2.45) is 0 Å². The molecule has 10 nitrogen and oxygen atoms in total. The lowest BCUT2D eigenvalue weighted by molar-refractivity contribution is 0.0591. The second-order valence-corrected chi connectivity index (χ2v) is 13.3. The Labute approximate surface area is 259 Å². The molecule has 0 bridgehead atoms. The van der Waals surface area contributed by atoms with Crippen molar-refractivity contribution in [2.75, 3.05) is 10.0 Å². The SMILES string of the molecule is Cc1c(-c2nccc3cnc(Nc4ccc(NS(=O)(=O)c5cc6ccccc6o5)cc4)cc23)ccc2c1cnn2CC(C)(C)O. The highest BCUT2D eigenvalue weighted by Gasteiger charge is 2.20. The molecule has 0 unspecified atom stereocenters. The van der Waals surface area contributed by atoms with Crippen LogP contribution < -0.4 is 10.0 Å². The Morgan fingerprint density at radius 1 is 0.889 bits per heavy atom. The minimum Gasteiger partial charge on any atom is -0.443 e. The van der Waals surface area contributed by atoms with Crippen molar-refractivity contribution in [1.29, 1.82) is 0 Å². The summed E-state index contributed by atoms with van der Waals surface area (Å²) in [6, 6.07) is 23.5. The number of aryl methyl sites for hydroxylation is 1. The zero-order valence-corrected chi connectivity index (χ0v) is 25.6. The molecule has 11 heteroatoms. The Bertz CT molecular complexity index is 2290. The molecule has 4 aromatic heterocycles. The van der Waals surface area contributed by atoms with E-state index in [-0.39, 0.29) is 5.09 Å². The predicted molar refractivity (Wildman–Crippen MR) is 176 cm³/mol. The molecular weight excluding hydrogens is 588 g/mol. The molecule has 4 heterocycles. The first kappa shape index (κ1) is 28.5. The molecule has 0 spiro atoms. The molecule has 0 fully saturated rings. The van der Waals surface area contributed by atoms with Crippen LogP contribution in [0.15, 0.2) is 107 Å². The van der Waals surface area contributed by atoms with Gasteiger partial charge in [-0.25, -0.2) is 4.98 Å². The van der Waals surface area contributed by atoms with Gasteiger partial charge in [0, 0.05) is 56.9 Å². The lowest BCUT2D eigenvalue weighted by Crippen LogP contribution is -2.26. The first-order chi connectivity index (χ1) is 21.5. The molecule has 0 aliphatic carbocycles. The summed E-state index contributed by atoms with van der Waals surface area (Å²) in [5.41, 5.74) is 4.55. The van der Waals surface area contributed by atoms with Gasteiger partial charge in [0.1, 0.15) is 11.4 Å². The van der Waals surface area contributed by atoms with Crippen LogP contribution in [0.4, 0.5) is 17.2 Å². The van der Waals surface area contributed by atoms with Crippen molar-refractivity contribution < 1.29 is 17.9 Å². The summed E-state index contributed by atoms with van der Waals surface area (Å²) >= 11 is 0. The lowest BCUT2D eigenvalue weighted by atomic mass is 9.98. The third kappa shape index (κ3) is 5.59. The lowest BCUT2D eigenvalue weighted by Gasteiger charge is -2.18. The van der Waals surface area contributed by atoms with Crippen molar-refractivity contribution in [3.63, 3.8) is 0 Å². The van der Waals surface area contributed by atoms with Gasteiger partial charge in [-0.2, -0.15) is 13.5 Å². The minimum absolute atomic E-state index is 0.145. The van der Waals surface area contributed by atoms with Gasteiger partial charge in [-0.3, -0.25) is 14.4 Å². The van der Waals surface area contributed by atoms with Crippen molar-refractivity contribution >= 4 is 59.9 Å². The molecule has 0 aliphatic heterocycles. The summed E-state index contributed by atoms with van der Waals surface area (Å²) in [5.74, 6) is 0.615. The van der Waals surface area contributed by atoms with Gasteiger partial charge in [-0.15, -0.1) is 0 Å². The number of nitrogens with one attached hydrogen (secondary N) is 2. The van der Waals surface area contributed by atoms with Crippen LogP contribution in [0.5, 0.6) is 0 Å². The topological polar surface area (TPSA) is 135 Å². The summed E-state index contributed by atoms with van der Waals surface area (Å²) in [5, 5.41) is 21.6. The van der Waals surface area contributed by atoms with Gasteiger partial charge in [0.15, 0.2) is 0 Å². The molecule has 3 aromatic carbocycles. The molecule has 0 saturated heterocycles. The average Bonchev–Trinajstić information content (AvgIpc) is 3.63. The zero-order chi connectivity index (χ0) is 31.3. The minimum atomic E-state index is -3.90. The molecule has 0 amide bonds.